The first-order valence-electron chi connectivity index (χ1n) is 8.52. The van der Waals surface area contributed by atoms with Crippen LogP contribution in [-0.2, 0) is 10.2 Å². The molecule has 0 spiro atoms. The maximum absolute atomic E-state index is 5.76. The Bertz CT molecular complexity index is 686. The van der Waals surface area contributed by atoms with Crippen LogP contribution in [0.3, 0.4) is 0 Å². The maximum atomic E-state index is 5.76. The third kappa shape index (κ3) is 4.49. The fraction of sp³-hybridized carbons (Fsp3) is 0.381. The molecular formula is C21H25NOSe. The van der Waals surface area contributed by atoms with Crippen molar-refractivity contribution in [2.24, 2.45) is 4.99 Å². The molecule has 1 atom stereocenters. The van der Waals surface area contributed by atoms with Gasteiger partial charge in [-0.25, -0.2) is 0 Å². The molecule has 2 nitrogen and oxygen atoms in total. The van der Waals surface area contributed by atoms with Crippen LogP contribution in [-0.4, -0.2) is 33.5 Å². The van der Waals surface area contributed by atoms with Gasteiger partial charge in [-0.3, -0.25) is 0 Å². The van der Waals surface area contributed by atoms with E-state index in [4.69, 9.17) is 9.73 Å². The molecule has 126 valence electrons. The predicted molar refractivity (Wildman–Crippen MR) is 103 cm³/mol. The number of ether oxygens (including phenoxy) is 1. The number of rotatable bonds is 5. The molecular weight excluding hydrogens is 361 g/mol. The quantitative estimate of drug-likeness (QED) is 0.713. The van der Waals surface area contributed by atoms with E-state index in [9.17, 15) is 0 Å². The fourth-order valence-electron chi connectivity index (χ4n) is 2.67. The SMILES string of the molecule is CC(C)(C)c1ccc([Se]CC[C@H]2COC(c3ccccc3)=N2)cc1. The van der Waals surface area contributed by atoms with Gasteiger partial charge in [0.2, 0.25) is 0 Å². The Morgan fingerprint density at radius 1 is 1.04 bits per heavy atom. The molecule has 0 aliphatic carbocycles. The number of benzene rings is 2. The number of nitrogens with zero attached hydrogens (tertiary/aromatic N) is 1. The third-order valence-electron chi connectivity index (χ3n) is 4.17. The molecule has 24 heavy (non-hydrogen) atoms. The van der Waals surface area contributed by atoms with E-state index in [1.165, 1.54) is 15.3 Å². The van der Waals surface area contributed by atoms with Crippen molar-refractivity contribution < 1.29 is 4.74 Å². The van der Waals surface area contributed by atoms with Crippen molar-refractivity contribution in [3.05, 3.63) is 65.7 Å². The predicted octanol–water partition coefficient (Wildman–Crippen LogP) is 3.97. The third-order valence-corrected chi connectivity index (χ3v) is 6.37. The van der Waals surface area contributed by atoms with Crippen molar-refractivity contribution in [2.75, 3.05) is 6.61 Å². The molecule has 0 unspecified atom stereocenters. The molecule has 0 saturated carbocycles. The minimum absolute atomic E-state index is 0.231. The summed E-state index contributed by atoms with van der Waals surface area (Å²) in [6, 6.07) is 19.7. The van der Waals surface area contributed by atoms with Crippen LogP contribution in [0.2, 0.25) is 5.32 Å². The van der Waals surface area contributed by atoms with Gasteiger partial charge >= 0.3 is 151 Å². The second kappa shape index (κ2) is 7.55. The van der Waals surface area contributed by atoms with Crippen molar-refractivity contribution in [1.82, 2.24) is 0 Å². The summed E-state index contributed by atoms with van der Waals surface area (Å²) in [4.78, 5) is 4.74. The zero-order valence-corrected chi connectivity index (χ0v) is 16.4. The van der Waals surface area contributed by atoms with Gasteiger partial charge in [0, 0.05) is 0 Å². The molecule has 0 saturated heterocycles. The molecule has 2 aromatic carbocycles. The van der Waals surface area contributed by atoms with Gasteiger partial charge in [0.15, 0.2) is 0 Å². The van der Waals surface area contributed by atoms with Crippen LogP contribution in [0.5, 0.6) is 0 Å². The standard InChI is InChI=1S/C21H25NOSe/c1-21(2,3)17-9-11-19(12-10-17)24-14-13-18-15-23-20(22-18)16-7-5-4-6-8-16/h4-12,18H,13-15H2,1-3H3/t18-/m0/s1. The molecule has 0 fully saturated rings. The van der Waals surface area contributed by atoms with Crippen LogP contribution in [0.15, 0.2) is 59.6 Å². The van der Waals surface area contributed by atoms with E-state index in [1.54, 1.807) is 0 Å². The first kappa shape index (κ1) is 17.3. The van der Waals surface area contributed by atoms with Crippen molar-refractivity contribution in [1.29, 1.82) is 0 Å². The average Bonchev–Trinajstić information content (AvgIpc) is 3.04. The molecule has 1 heterocycles. The van der Waals surface area contributed by atoms with E-state index in [0.717, 1.165) is 24.5 Å². The number of hydrogen-bond donors (Lipinski definition) is 0. The first-order chi connectivity index (χ1) is 11.5. The van der Waals surface area contributed by atoms with Crippen molar-refractivity contribution in [2.45, 2.75) is 44.0 Å². The molecule has 3 rings (SSSR count). The first-order valence-corrected chi connectivity index (χ1v) is 10.6. The molecule has 0 bridgehead atoms. The van der Waals surface area contributed by atoms with Gasteiger partial charge in [-0.2, -0.15) is 0 Å². The average molecular weight is 386 g/mol. The molecule has 2 aromatic rings. The second-order valence-corrected chi connectivity index (χ2v) is 9.63. The molecule has 0 N–H and O–H groups in total. The van der Waals surface area contributed by atoms with E-state index < -0.39 is 0 Å². The van der Waals surface area contributed by atoms with Crippen LogP contribution in [0.4, 0.5) is 0 Å². The summed E-state index contributed by atoms with van der Waals surface area (Å²) in [5.74, 6) is 0.808. The summed E-state index contributed by atoms with van der Waals surface area (Å²) in [7, 11) is 0. The zero-order chi connectivity index (χ0) is 17.0. The summed E-state index contributed by atoms with van der Waals surface area (Å²) < 4.78 is 7.24. The number of aliphatic imine (C=N–C) groups is 1. The Labute approximate surface area is 151 Å². The Kier molecular flexibility index (Phi) is 5.43. The van der Waals surface area contributed by atoms with Gasteiger partial charge < -0.3 is 0 Å². The van der Waals surface area contributed by atoms with Gasteiger partial charge in [-0.15, -0.1) is 0 Å². The van der Waals surface area contributed by atoms with E-state index in [1.807, 2.05) is 18.2 Å². The summed E-state index contributed by atoms with van der Waals surface area (Å²) >= 11 is 0.515. The van der Waals surface area contributed by atoms with Gasteiger partial charge in [0.05, 0.1) is 0 Å². The molecule has 3 heteroatoms. The normalized spacial score (nSPS) is 17.5. The fourth-order valence-corrected chi connectivity index (χ4v) is 4.67. The summed E-state index contributed by atoms with van der Waals surface area (Å²) in [5, 5.41) is 1.21. The van der Waals surface area contributed by atoms with Crippen molar-refractivity contribution >= 4 is 25.3 Å². The number of hydrogen-bond acceptors (Lipinski definition) is 2. The molecule has 0 radical (unpaired) electrons. The van der Waals surface area contributed by atoms with Crippen molar-refractivity contribution in [3.63, 3.8) is 0 Å². The Balaban J connectivity index is 1.50. The second-order valence-electron chi connectivity index (χ2n) is 7.18. The van der Waals surface area contributed by atoms with Crippen LogP contribution in [0.1, 0.15) is 38.3 Å². The summed E-state index contributed by atoms with van der Waals surface area (Å²) in [6.45, 7) is 7.50. The van der Waals surface area contributed by atoms with Gasteiger partial charge in [-0.05, 0) is 0 Å². The van der Waals surface area contributed by atoms with E-state index in [0.29, 0.717) is 21.0 Å². The van der Waals surface area contributed by atoms with E-state index >= 15 is 0 Å². The Hall–Kier alpha value is -1.57. The van der Waals surface area contributed by atoms with E-state index in [-0.39, 0.29) is 5.41 Å². The molecule has 0 amide bonds. The summed E-state index contributed by atoms with van der Waals surface area (Å²) in [6.07, 6.45) is 1.11. The van der Waals surface area contributed by atoms with Gasteiger partial charge in [0.1, 0.15) is 0 Å². The van der Waals surface area contributed by atoms with Gasteiger partial charge in [0.25, 0.3) is 0 Å². The molecule has 0 aromatic heterocycles. The monoisotopic (exact) mass is 387 g/mol. The minimum atomic E-state index is 0.231. The summed E-state index contributed by atoms with van der Waals surface area (Å²) in [5.41, 5.74) is 2.72. The van der Waals surface area contributed by atoms with Crippen LogP contribution in [0.25, 0.3) is 0 Å². The van der Waals surface area contributed by atoms with Gasteiger partial charge in [-0.1, -0.05) is 0 Å². The van der Waals surface area contributed by atoms with Crippen LogP contribution in [0, 0.1) is 0 Å². The molecule has 1 aliphatic heterocycles. The molecule has 1 aliphatic rings. The van der Waals surface area contributed by atoms with Crippen molar-refractivity contribution in [3.8, 4) is 0 Å². The van der Waals surface area contributed by atoms with Crippen LogP contribution >= 0.6 is 0 Å². The van der Waals surface area contributed by atoms with E-state index in [2.05, 4.69) is 57.2 Å². The van der Waals surface area contributed by atoms with Crippen LogP contribution < -0.4 is 4.46 Å². The Morgan fingerprint density at radius 2 is 1.75 bits per heavy atom. The Morgan fingerprint density at radius 3 is 2.42 bits per heavy atom. The zero-order valence-electron chi connectivity index (χ0n) is 14.7. The topological polar surface area (TPSA) is 21.6 Å².